The number of amidine groups is 1. The van der Waals surface area contributed by atoms with Crippen LogP contribution in [0.3, 0.4) is 0 Å². The van der Waals surface area contributed by atoms with Gasteiger partial charge in [-0.05, 0) is 41.1 Å². The Kier molecular flexibility index (Phi) is 5.20. The molecule has 0 bridgehead atoms. The van der Waals surface area contributed by atoms with E-state index >= 15 is 0 Å². The smallest absolute Gasteiger partial charge is 0.160 e. The summed E-state index contributed by atoms with van der Waals surface area (Å²) in [6, 6.07) is 16.3. The van der Waals surface area contributed by atoms with Gasteiger partial charge in [0, 0.05) is 17.1 Å². The van der Waals surface area contributed by atoms with Crippen molar-refractivity contribution in [3.8, 4) is 0 Å². The summed E-state index contributed by atoms with van der Waals surface area (Å²) in [4.78, 5) is 7.23. The van der Waals surface area contributed by atoms with Crippen LogP contribution in [0.25, 0.3) is 0 Å². The van der Waals surface area contributed by atoms with Crippen LogP contribution in [0.2, 0.25) is 10.0 Å². The van der Waals surface area contributed by atoms with Crippen molar-refractivity contribution in [3.05, 3.63) is 69.7 Å². The second kappa shape index (κ2) is 7.16. The Labute approximate surface area is 151 Å². The summed E-state index contributed by atoms with van der Waals surface area (Å²) in [5.41, 5.74) is 2.39. The minimum atomic E-state index is 0.0625. The lowest BCUT2D eigenvalue weighted by molar-refractivity contribution is 0.367. The molecular weight excluding hydrogens is 347 g/mol. The molecule has 3 rings (SSSR count). The summed E-state index contributed by atoms with van der Waals surface area (Å²) in [5.74, 6) is 1.00. The van der Waals surface area contributed by atoms with Gasteiger partial charge >= 0.3 is 0 Å². The zero-order valence-corrected chi connectivity index (χ0v) is 15.4. The third-order valence-electron chi connectivity index (χ3n) is 3.96. The fourth-order valence-electron chi connectivity index (χ4n) is 2.86. The van der Waals surface area contributed by atoms with Crippen molar-refractivity contribution >= 4 is 40.1 Å². The van der Waals surface area contributed by atoms with Gasteiger partial charge in [0.2, 0.25) is 0 Å². The number of hydrogen-bond donors (Lipinski definition) is 0. The van der Waals surface area contributed by atoms with Gasteiger partial charge < -0.3 is 4.90 Å². The average molecular weight is 365 g/mol. The fraction of sp³-hybridized carbons (Fsp3) is 0.278. The van der Waals surface area contributed by atoms with E-state index in [1.165, 1.54) is 11.1 Å². The van der Waals surface area contributed by atoms with Crippen LogP contribution in [0.1, 0.15) is 30.1 Å². The summed E-state index contributed by atoms with van der Waals surface area (Å²) in [7, 11) is 2.11. The number of likely N-dealkylation sites (N-methyl/N-ethyl adjacent to an activating group) is 1. The molecule has 0 unspecified atom stereocenters. The summed E-state index contributed by atoms with van der Waals surface area (Å²) >= 11 is 13.8. The summed E-state index contributed by atoms with van der Waals surface area (Å²) in [6.45, 7) is 2.15. The molecule has 0 fully saturated rings. The second-order valence-corrected chi connectivity index (χ2v) is 7.55. The zero-order valence-electron chi connectivity index (χ0n) is 13.0. The molecule has 0 saturated carbocycles. The number of halogens is 2. The maximum Gasteiger partial charge on any atom is 0.160 e. The van der Waals surface area contributed by atoms with Gasteiger partial charge in [0.1, 0.15) is 6.04 Å². The minimum Gasteiger partial charge on any atom is -0.345 e. The largest absolute Gasteiger partial charge is 0.345 e. The van der Waals surface area contributed by atoms with Gasteiger partial charge in [0.15, 0.2) is 5.17 Å². The summed E-state index contributed by atoms with van der Waals surface area (Å²) in [6.07, 6.45) is 0. The standard InChI is InChI=1S/C18H18Cl2N2S/c1-3-23-18-21-16(12-4-8-14(19)9-5-12)17(22(18)2)13-6-10-15(20)11-7-13/h4-11,16-17H,3H2,1-2H3/t16-,17+/m0/s1. The lowest BCUT2D eigenvalue weighted by atomic mass is 9.94. The summed E-state index contributed by atoms with van der Waals surface area (Å²) < 4.78 is 0. The molecule has 0 aromatic heterocycles. The van der Waals surface area contributed by atoms with Crippen LogP contribution >= 0.6 is 35.0 Å². The van der Waals surface area contributed by atoms with Gasteiger partial charge in [-0.3, -0.25) is 4.99 Å². The van der Waals surface area contributed by atoms with Crippen molar-refractivity contribution in [3.63, 3.8) is 0 Å². The highest BCUT2D eigenvalue weighted by molar-refractivity contribution is 8.13. The SMILES string of the molecule is CCSC1=N[C@@H](c2ccc(Cl)cc2)[C@@H](c2ccc(Cl)cc2)N1C. The van der Waals surface area contributed by atoms with E-state index in [1.807, 2.05) is 24.3 Å². The van der Waals surface area contributed by atoms with E-state index in [0.717, 1.165) is 21.0 Å². The Morgan fingerprint density at radius 3 is 2.00 bits per heavy atom. The molecule has 2 aromatic carbocycles. The van der Waals surface area contributed by atoms with Gasteiger partial charge in [-0.15, -0.1) is 0 Å². The molecule has 1 heterocycles. The van der Waals surface area contributed by atoms with E-state index in [4.69, 9.17) is 28.2 Å². The third kappa shape index (κ3) is 3.52. The molecule has 0 radical (unpaired) electrons. The number of hydrogen-bond acceptors (Lipinski definition) is 3. The number of benzene rings is 2. The Hall–Kier alpha value is -1.16. The van der Waals surface area contributed by atoms with Crippen molar-refractivity contribution in [1.82, 2.24) is 4.90 Å². The van der Waals surface area contributed by atoms with Crippen LogP contribution in [-0.4, -0.2) is 22.9 Å². The van der Waals surface area contributed by atoms with E-state index in [2.05, 4.69) is 43.1 Å². The van der Waals surface area contributed by atoms with E-state index in [1.54, 1.807) is 11.8 Å². The normalized spacial score (nSPS) is 20.7. The van der Waals surface area contributed by atoms with Crippen LogP contribution in [-0.2, 0) is 0 Å². The quantitative estimate of drug-likeness (QED) is 0.680. The molecule has 1 aliphatic rings. The molecule has 0 saturated heterocycles. The molecule has 0 spiro atoms. The number of nitrogens with zero attached hydrogens (tertiary/aromatic N) is 2. The van der Waals surface area contributed by atoms with Crippen LogP contribution in [0, 0.1) is 0 Å². The first-order valence-corrected chi connectivity index (χ1v) is 9.28. The van der Waals surface area contributed by atoms with Gasteiger partial charge in [-0.25, -0.2) is 0 Å². The minimum absolute atomic E-state index is 0.0625. The molecule has 0 amide bonds. The first-order valence-electron chi connectivity index (χ1n) is 7.54. The molecule has 2 atom stereocenters. The summed E-state index contributed by atoms with van der Waals surface area (Å²) in [5, 5.41) is 2.57. The Bertz CT molecular complexity index is 698. The van der Waals surface area contributed by atoms with Crippen LogP contribution < -0.4 is 0 Å². The van der Waals surface area contributed by atoms with Gasteiger partial charge in [0.05, 0.1) is 6.04 Å². The lowest BCUT2D eigenvalue weighted by Gasteiger charge is -2.27. The third-order valence-corrected chi connectivity index (χ3v) is 5.41. The molecule has 2 nitrogen and oxygen atoms in total. The first-order chi connectivity index (χ1) is 11.1. The van der Waals surface area contributed by atoms with Crippen LogP contribution in [0.15, 0.2) is 53.5 Å². The molecular formula is C18H18Cl2N2S. The predicted octanol–water partition coefficient (Wildman–Crippen LogP) is 5.83. The maximum absolute atomic E-state index is 6.04. The molecule has 120 valence electrons. The molecule has 0 N–H and O–H groups in total. The highest BCUT2D eigenvalue weighted by Crippen LogP contribution is 2.43. The van der Waals surface area contributed by atoms with Crippen molar-refractivity contribution < 1.29 is 0 Å². The van der Waals surface area contributed by atoms with E-state index in [0.29, 0.717) is 0 Å². The van der Waals surface area contributed by atoms with Gasteiger partial charge in [0.25, 0.3) is 0 Å². The highest BCUT2D eigenvalue weighted by atomic mass is 35.5. The van der Waals surface area contributed by atoms with E-state index in [-0.39, 0.29) is 12.1 Å². The molecule has 1 aliphatic heterocycles. The maximum atomic E-state index is 6.04. The van der Waals surface area contributed by atoms with E-state index in [9.17, 15) is 0 Å². The van der Waals surface area contributed by atoms with Crippen molar-refractivity contribution in [2.75, 3.05) is 12.8 Å². The van der Waals surface area contributed by atoms with Crippen LogP contribution in [0.4, 0.5) is 0 Å². The van der Waals surface area contributed by atoms with Crippen molar-refractivity contribution in [2.45, 2.75) is 19.0 Å². The Balaban J connectivity index is 2.00. The van der Waals surface area contributed by atoms with Crippen molar-refractivity contribution in [2.24, 2.45) is 4.99 Å². The lowest BCUT2D eigenvalue weighted by Crippen LogP contribution is -2.26. The van der Waals surface area contributed by atoms with E-state index < -0.39 is 0 Å². The first kappa shape index (κ1) is 16.7. The Morgan fingerprint density at radius 1 is 0.957 bits per heavy atom. The molecule has 0 aliphatic carbocycles. The number of thioether (sulfide) groups is 1. The average Bonchev–Trinajstić information content (AvgIpc) is 2.86. The topological polar surface area (TPSA) is 15.6 Å². The highest BCUT2D eigenvalue weighted by Gasteiger charge is 2.35. The zero-order chi connectivity index (χ0) is 16.4. The monoisotopic (exact) mass is 364 g/mol. The Morgan fingerprint density at radius 2 is 1.48 bits per heavy atom. The number of rotatable bonds is 3. The van der Waals surface area contributed by atoms with Crippen molar-refractivity contribution in [1.29, 1.82) is 0 Å². The fourth-order valence-corrected chi connectivity index (χ4v) is 3.88. The van der Waals surface area contributed by atoms with Crippen LogP contribution in [0.5, 0.6) is 0 Å². The van der Waals surface area contributed by atoms with Gasteiger partial charge in [-0.2, -0.15) is 0 Å². The molecule has 5 heteroatoms. The number of aliphatic imine (C=N–C) groups is 1. The second-order valence-electron chi connectivity index (χ2n) is 5.45. The predicted molar refractivity (Wildman–Crippen MR) is 102 cm³/mol. The molecule has 23 heavy (non-hydrogen) atoms. The molecule has 2 aromatic rings. The van der Waals surface area contributed by atoms with Gasteiger partial charge in [-0.1, -0.05) is 66.2 Å².